The van der Waals surface area contributed by atoms with E-state index in [1.54, 1.807) is 32.7 Å². The van der Waals surface area contributed by atoms with Gasteiger partial charge in [-0.15, -0.1) is 0 Å². The first-order chi connectivity index (χ1) is 10.2. The number of aromatic nitrogens is 1. The van der Waals surface area contributed by atoms with Crippen LogP contribution >= 0.6 is 0 Å². The Hall–Kier alpha value is -2.36. The van der Waals surface area contributed by atoms with Crippen LogP contribution in [0.2, 0.25) is 0 Å². The first kappa shape index (κ1) is 13.6. The Kier molecular flexibility index (Phi) is 3.60. The van der Waals surface area contributed by atoms with Crippen molar-refractivity contribution in [3.05, 3.63) is 53.3 Å². The van der Waals surface area contributed by atoms with Gasteiger partial charge in [-0.3, -0.25) is 9.78 Å². The molecule has 3 rings (SSSR count). The minimum atomic E-state index is -0.0385. The van der Waals surface area contributed by atoms with E-state index < -0.39 is 0 Å². The van der Waals surface area contributed by atoms with E-state index in [0.29, 0.717) is 11.3 Å². The van der Waals surface area contributed by atoms with E-state index in [-0.39, 0.29) is 11.7 Å². The van der Waals surface area contributed by atoms with E-state index >= 15 is 0 Å². The largest absolute Gasteiger partial charge is 0.497 e. The summed E-state index contributed by atoms with van der Waals surface area (Å²) in [5.41, 5.74) is 2.84. The Labute approximate surface area is 123 Å². The summed E-state index contributed by atoms with van der Waals surface area (Å²) in [7, 11) is 3.20. The van der Waals surface area contributed by atoms with Crippen LogP contribution in [0.25, 0.3) is 0 Å². The molecule has 0 aliphatic heterocycles. The van der Waals surface area contributed by atoms with Crippen LogP contribution in [-0.2, 0) is 12.8 Å². The summed E-state index contributed by atoms with van der Waals surface area (Å²) >= 11 is 0. The normalized spacial score (nSPS) is 16.7. The Morgan fingerprint density at radius 3 is 2.62 bits per heavy atom. The number of rotatable bonds is 4. The van der Waals surface area contributed by atoms with Gasteiger partial charge in [0.2, 0.25) is 0 Å². The predicted octanol–water partition coefficient (Wildman–Crippen LogP) is 2.70. The molecule has 1 aliphatic carbocycles. The molecule has 1 aromatic carbocycles. The van der Waals surface area contributed by atoms with Gasteiger partial charge in [0.05, 0.1) is 19.8 Å². The molecule has 1 aromatic heterocycles. The van der Waals surface area contributed by atoms with Gasteiger partial charge in [0.25, 0.3) is 0 Å². The molecule has 2 aromatic rings. The lowest BCUT2D eigenvalue weighted by Crippen LogP contribution is -2.12. The van der Waals surface area contributed by atoms with Crippen LogP contribution in [0.1, 0.15) is 21.5 Å². The standard InChI is InChI=1S/C17H17NO3/c1-20-14-9-12-8-13(7-11-3-5-18-6-4-11)17(19)16(12)15(10-14)21-2/h3-6,9-10,13H,7-8H2,1-2H3. The number of nitrogens with zero attached hydrogens (tertiary/aromatic N) is 1. The van der Waals surface area contributed by atoms with Crippen LogP contribution in [0.5, 0.6) is 11.5 Å². The molecule has 0 bridgehead atoms. The number of carbonyl (C=O) groups excluding carboxylic acids is 1. The Morgan fingerprint density at radius 1 is 1.19 bits per heavy atom. The first-order valence-electron chi connectivity index (χ1n) is 6.91. The maximum atomic E-state index is 12.6. The number of methoxy groups -OCH3 is 2. The van der Waals surface area contributed by atoms with Gasteiger partial charge < -0.3 is 9.47 Å². The van der Waals surface area contributed by atoms with Crippen molar-refractivity contribution >= 4 is 5.78 Å². The van der Waals surface area contributed by atoms with E-state index in [4.69, 9.17) is 9.47 Å². The minimum Gasteiger partial charge on any atom is -0.497 e. The summed E-state index contributed by atoms with van der Waals surface area (Å²) < 4.78 is 10.6. The summed E-state index contributed by atoms with van der Waals surface area (Å²) in [4.78, 5) is 16.7. The SMILES string of the molecule is COc1cc2c(c(OC)c1)C(=O)C(Cc1ccncc1)C2. The molecule has 1 atom stereocenters. The molecule has 0 saturated heterocycles. The van der Waals surface area contributed by atoms with Crippen molar-refractivity contribution in [3.63, 3.8) is 0 Å². The molecule has 0 saturated carbocycles. The number of hydrogen-bond donors (Lipinski definition) is 0. The van der Waals surface area contributed by atoms with E-state index in [9.17, 15) is 4.79 Å². The second kappa shape index (κ2) is 5.56. The van der Waals surface area contributed by atoms with Crippen LogP contribution < -0.4 is 9.47 Å². The minimum absolute atomic E-state index is 0.0385. The van der Waals surface area contributed by atoms with Crippen molar-refractivity contribution in [2.24, 2.45) is 5.92 Å². The highest BCUT2D eigenvalue weighted by atomic mass is 16.5. The third-order valence-corrected chi connectivity index (χ3v) is 3.93. The van der Waals surface area contributed by atoms with Crippen molar-refractivity contribution in [3.8, 4) is 11.5 Å². The van der Waals surface area contributed by atoms with Crippen molar-refractivity contribution in [1.82, 2.24) is 4.98 Å². The van der Waals surface area contributed by atoms with Gasteiger partial charge in [0.1, 0.15) is 11.5 Å². The topological polar surface area (TPSA) is 48.4 Å². The van der Waals surface area contributed by atoms with Crippen LogP contribution in [0.3, 0.4) is 0 Å². The van der Waals surface area contributed by atoms with Gasteiger partial charge >= 0.3 is 0 Å². The quantitative estimate of drug-likeness (QED) is 0.865. The molecule has 0 N–H and O–H groups in total. The number of ether oxygens (including phenoxy) is 2. The second-order valence-electron chi connectivity index (χ2n) is 5.19. The molecule has 1 unspecified atom stereocenters. The van der Waals surface area contributed by atoms with Crippen molar-refractivity contribution in [2.75, 3.05) is 14.2 Å². The van der Waals surface area contributed by atoms with Crippen LogP contribution in [0, 0.1) is 5.92 Å². The predicted molar refractivity (Wildman–Crippen MR) is 79.0 cm³/mol. The molecule has 0 spiro atoms. The molecule has 108 valence electrons. The van der Waals surface area contributed by atoms with Gasteiger partial charge in [0, 0.05) is 24.4 Å². The van der Waals surface area contributed by atoms with E-state index in [1.165, 1.54) is 0 Å². The summed E-state index contributed by atoms with van der Waals surface area (Å²) in [5, 5.41) is 0. The number of benzene rings is 1. The smallest absolute Gasteiger partial charge is 0.170 e. The number of ketones is 1. The lowest BCUT2D eigenvalue weighted by molar-refractivity contribution is 0.0933. The molecule has 0 radical (unpaired) electrons. The Bertz CT molecular complexity index is 667. The summed E-state index contributed by atoms with van der Waals surface area (Å²) in [6, 6.07) is 7.61. The fourth-order valence-electron chi connectivity index (χ4n) is 2.90. The molecule has 0 amide bonds. The number of pyridine rings is 1. The molecule has 4 heteroatoms. The molecule has 0 fully saturated rings. The summed E-state index contributed by atoms with van der Waals surface area (Å²) in [6.07, 6.45) is 4.96. The third kappa shape index (κ3) is 2.49. The second-order valence-corrected chi connectivity index (χ2v) is 5.19. The lowest BCUT2D eigenvalue weighted by Gasteiger charge is -2.09. The third-order valence-electron chi connectivity index (χ3n) is 3.93. The van der Waals surface area contributed by atoms with Crippen LogP contribution in [0.15, 0.2) is 36.7 Å². The highest BCUT2D eigenvalue weighted by Crippen LogP contribution is 2.38. The number of Topliss-reactive ketones (excluding diaryl/α,β-unsaturated/α-hetero) is 1. The maximum absolute atomic E-state index is 12.6. The van der Waals surface area contributed by atoms with Crippen molar-refractivity contribution in [2.45, 2.75) is 12.8 Å². The zero-order valence-electron chi connectivity index (χ0n) is 12.1. The molecular weight excluding hydrogens is 266 g/mol. The van der Waals surface area contributed by atoms with Gasteiger partial charge in [-0.2, -0.15) is 0 Å². The molecule has 21 heavy (non-hydrogen) atoms. The van der Waals surface area contributed by atoms with Crippen molar-refractivity contribution < 1.29 is 14.3 Å². The number of hydrogen-bond acceptors (Lipinski definition) is 4. The summed E-state index contributed by atoms with van der Waals surface area (Å²) in [5.74, 6) is 1.44. The lowest BCUT2D eigenvalue weighted by atomic mass is 9.96. The first-order valence-corrected chi connectivity index (χ1v) is 6.91. The monoisotopic (exact) mass is 283 g/mol. The number of fused-ring (bicyclic) bond motifs is 1. The van der Waals surface area contributed by atoms with Crippen LogP contribution in [0.4, 0.5) is 0 Å². The number of carbonyl (C=O) groups is 1. The molecule has 1 aliphatic rings. The van der Waals surface area contributed by atoms with Crippen LogP contribution in [-0.4, -0.2) is 25.0 Å². The van der Waals surface area contributed by atoms with Gasteiger partial charge in [-0.25, -0.2) is 0 Å². The van der Waals surface area contributed by atoms with Gasteiger partial charge in [-0.05, 0) is 42.2 Å². The Morgan fingerprint density at radius 2 is 1.95 bits per heavy atom. The maximum Gasteiger partial charge on any atom is 0.170 e. The molecule has 1 heterocycles. The van der Waals surface area contributed by atoms with Gasteiger partial charge in [0.15, 0.2) is 5.78 Å². The average molecular weight is 283 g/mol. The fourth-order valence-corrected chi connectivity index (χ4v) is 2.90. The zero-order chi connectivity index (χ0) is 14.8. The Balaban J connectivity index is 1.91. The fraction of sp³-hybridized carbons (Fsp3) is 0.294. The van der Waals surface area contributed by atoms with Crippen molar-refractivity contribution in [1.29, 1.82) is 0 Å². The average Bonchev–Trinajstić information content (AvgIpc) is 2.83. The molecule has 4 nitrogen and oxygen atoms in total. The highest BCUT2D eigenvalue weighted by Gasteiger charge is 2.34. The highest BCUT2D eigenvalue weighted by molar-refractivity contribution is 6.05. The van der Waals surface area contributed by atoms with E-state index in [2.05, 4.69) is 4.98 Å². The van der Waals surface area contributed by atoms with E-state index in [1.807, 2.05) is 18.2 Å². The zero-order valence-corrected chi connectivity index (χ0v) is 12.1. The van der Waals surface area contributed by atoms with E-state index in [0.717, 1.165) is 29.7 Å². The van der Waals surface area contributed by atoms with Gasteiger partial charge in [-0.1, -0.05) is 0 Å². The summed E-state index contributed by atoms with van der Waals surface area (Å²) in [6.45, 7) is 0. The molecular formula is C17H17NO3.